The van der Waals surface area contributed by atoms with Crippen LogP contribution in [0, 0.1) is 10.1 Å². The highest BCUT2D eigenvalue weighted by Crippen LogP contribution is 2.31. The fourth-order valence-corrected chi connectivity index (χ4v) is 2.34. The lowest BCUT2D eigenvalue weighted by Crippen LogP contribution is -2.31. The van der Waals surface area contributed by atoms with Crippen LogP contribution >= 0.6 is 0 Å². The minimum Gasteiger partial charge on any atom is -0.381 e. The van der Waals surface area contributed by atoms with Crippen LogP contribution in [0.2, 0.25) is 0 Å². The molecule has 110 valence electrons. The van der Waals surface area contributed by atoms with Gasteiger partial charge in [-0.2, -0.15) is 0 Å². The highest BCUT2D eigenvalue weighted by Gasteiger charge is 2.20. The number of hydrogen-bond donors (Lipinski definition) is 2. The molecule has 1 heterocycles. The molecule has 1 atom stereocenters. The molecule has 0 aliphatic carbocycles. The molecule has 2 N–H and O–H groups in total. The van der Waals surface area contributed by atoms with Gasteiger partial charge in [-0.25, -0.2) is 8.78 Å². The molecule has 0 radical (unpaired) electrons. The monoisotopic (exact) mass is 285 g/mol. The van der Waals surface area contributed by atoms with Crippen LogP contribution in [0.3, 0.4) is 0 Å². The summed E-state index contributed by atoms with van der Waals surface area (Å²) >= 11 is 0. The van der Waals surface area contributed by atoms with Crippen LogP contribution in [0.5, 0.6) is 0 Å². The van der Waals surface area contributed by atoms with Gasteiger partial charge in [0.2, 0.25) is 0 Å². The molecule has 5 nitrogen and oxygen atoms in total. The zero-order chi connectivity index (χ0) is 14.5. The summed E-state index contributed by atoms with van der Waals surface area (Å²) in [5.74, 6) is 0. The van der Waals surface area contributed by atoms with Crippen molar-refractivity contribution in [2.24, 2.45) is 0 Å². The Balaban J connectivity index is 2.19. The molecule has 1 aliphatic rings. The summed E-state index contributed by atoms with van der Waals surface area (Å²) in [7, 11) is 0. The van der Waals surface area contributed by atoms with Crippen molar-refractivity contribution < 1.29 is 13.7 Å². The molecule has 20 heavy (non-hydrogen) atoms. The molecule has 1 saturated heterocycles. The van der Waals surface area contributed by atoms with Crippen molar-refractivity contribution in [3.63, 3.8) is 0 Å². The van der Waals surface area contributed by atoms with Crippen molar-refractivity contribution in [2.45, 2.75) is 31.7 Å². The Morgan fingerprint density at radius 3 is 2.90 bits per heavy atom. The number of nitrogens with zero attached hydrogens (tertiary/aromatic N) is 1. The van der Waals surface area contributed by atoms with E-state index in [-0.39, 0.29) is 23.0 Å². The van der Waals surface area contributed by atoms with E-state index < -0.39 is 11.3 Å². The van der Waals surface area contributed by atoms with Gasteiger partial charge in [0.05, 0.1) is 4.92 Å². The van der Waals surface area contributed by atoms with Gasteiger partial charge < -0.3 is 10.6 Å². The summed E-state index contributed by atoms with van der Waals surface area (Å²) < 4.78 is 26.1. The molecule has 1 aliphatic heterocycles. The Labute approximate surface area is 115 Å². The third-order valence-electron chi connectivity index (χ3n) is 3.39. The first kappa shape index (κ1) is 14.6. The van der Waals surface area contributed by atoms with Gasteiger partial charge in [0.1, 0.15) is 0 Å². The van der Waals surface area contributed by atoms with E-state index in [4.69, 9.17) is 0 Å². The number of nitro groups is 1. The van der Waals surface area contributed by atoms with E-state index in [0.717, 1.165) is 31.9 Å². The van der Waals surface area contributed by atoms with Crippen molar-refractivity contribution in [3.05, 3.63) is 33.9 Å². The zero-order valence-corrected chi connectivity index (χ0v) is 10.9. The Kier molecular flexibility index (Phi) is 4.84. The molecule has 2 rings (SSSR count). The molecule has 0 bridgehead atoms. The van der Waals surface area contributed by atoms with Crippen molar-refractivity contribution in [2.75, 3.05) is 18.4 Å². The van der Waals surface area contributed by atoms with E-state index >= 15 is 0 Å². The minimum absolute atomic E-state index is 0.0662. The lowest BCUT2D eigenvalue weighted by Gasteiger charge is -2.20. The van der Waals surface area contributed by atoms with E-state index in [1.54, 1.807) is 0 Å². The minimum atomic E-state index is -2.74. The average molecular weight is 285 g/mol. The fourth-order valence-electron chi connectivity index (χ4n) is 2.34. The highest BCUT2D eigenvalue weighted by atomic mass is 19.3. The van der Waals surface area contributed by atoms with Gasteiger partial charge >= 0.3 is 0 Å². The van der Waals surface area contributed by atoms with Crippen LogP contribution < -0.4 is 10.6 Å². The van der Waals surface area contributed by atoms with Crippen molar-refractivity contribution in [1.29, 1.82) is 0 Å². The molecule has 1 aromatic carbocycles. The molecule has 7 heteroatoms. The van der Waals surface area contributed by atoms with Crippen LogP contribution in [0.1, 0.15) is 31.3 Å². The maximum atomic E-state index is 13.0. The number of alkyl halides is 2. The first-order valence-corrected chi connectivity index (χ1v) is 6.61. The second kappa shape index (κ2) is 6.60. The number of nitrogens with one attached hydrogen (secondary N) is 2. The van der Waals surface area contributed by atoms with Crippen LogP contribution in [-0.4, -0.2) is 24.1 Å². The van der Waals surface area contributed by atoms with Gasteiger partial charge in [-0.15, -0.1) is 0 Å². The molecular formula is C13H17F2N3O2. The molecule has 0 amide bonds. The summed E-state index contributed by atoms with van der Waals surface area (Å²) in [6.07, 6.45) is 0.255. The first-order valence-electron chi connectivity index (χ1n) is 6.61. The fraction of sp³-hybridized carbons (Fsp3) is 0.538. The van der Waals surface area contributed by atoms with Crippen LogP contribution in [-0.2, 0) is 0 Å². The molecule has 1 fully saturated rings. The topological polar surface area (TPSA) is 67.2 Å². The summed E-state index contributed by atoms with van der Waals surface area (Å²) in [4.78, 5) is 9.99. The number of benzene rings is 1. The number of anilines is 1. The summed E-state index contributed by atoms with van der Waals surface area (Å²) in [6, 6.07) is 3.62. The highest BCUT2D eigenvalue weighted by molar-refractivity contribution is 5.57. The third-order valence-corrected chi connectivity index (χ3v) is 3.39. The summed E-state index contributed by atoms with van der Waals surface area (Å²) in [5, 5.41) is 17.0. The molecule has 1 unspecified atom stereocenters. The predicted molar refractivity (Wildman–Crippen MR) is 72.2 cm³/mol. The van der Waals surface area contributed by atoms with E-state index in [0.29, 0.717) is 6.54 Å². The Morgan fingerprint density at radius 2 is 2.20 bits per heavy atom. The second-order valence-corrected chi connectivity index (χ2v) is 4.87. The SMILES string of the molecule is O=[N+]([O-])c1ccc(NC2CCCCNC2)c(C(F)F)c1. The maximum Gasteiger partial charge on any atom is 0.270 e. The molecule has 0 aromatic heterocycles. The van der Waals surface area contributed by atoms with Gasteiger partial charge in [0, 0.05) is 36.0 Å². The van der Waals surface area contributed by atoms with E-state index in [1.807, 2.05) is 0 Å². The number of nitro benzene ring substituents is 1. The largest absolute Gasteiger partial charge is 0.381 e. The Hall–Kier alpha value is -1.76. The van der Waals surface area contributed by atoms with Crippen LogP contribution in [0.4, 0.5) is 20.2 Å². The summed E-state index contributed by atoms with van der Waals surface area (Å²) in [6.45, 7) is 1.64. The molecule has 0 spiro atoms. The van der Waals surface area contributed by atoms with E-state index in [1.165, 1.54) is 12.1 Å². The standard InChI is InChI=1S/C13H17F2N3O2/c14-13(15)11-7-10(18(19)20)4-5-12(11)17-9-3-1-2-6-16-8-9/h4-5,7,9,13,16-17H,1-3,6,8H2. The van der Waals surface area contributed by atoms with Gasteiger partial charge in [-0.1, -0.05) is 6.42 Å². The van der Waals surface area contributed by atoms with Gasteiger partial charge in [0.25, 0.3) is 12.1 Å². The predicted octanol–water partition coefficient (Wildman–Crippen LogP) is 3.09. The number of rotatable bonds is 4. The van der Waals surface area contributed by atoms with E-state index in [9.17, 15) is 18.9 Å². The van der Waals surface area contributed by atoms with Gasteiger partial charge in [0.15, 0.2) is 0 Å². The lowest BCUT2D eigenvalue weighted by atomic mass is 10.1. The third kappa shape index (κ3) is 3.63. The second-order valence-electron chi connectivity index (χ2n) is 4.87. The Bertz CT molecular complexity index is 475. The van der Waals surface area contributed by atoms with Gasteiger partial charge in [-0.3, -0.25) is 10.1 Å². The summed E-state index contributed by atoms with van der Waals surface area (Å²) in [5.41, 5.74) is -0.354. The van der Waals surface area contributed by atoms with Gasteiger partial charge in [-0.05, 0) is 25.5 Å². The smallest absolute Gasteiger partial charge is 0.270 e. The Morgan fingerprint density at radius 1 is 1.40 bits per heavy atom. The zero-order valence-electron chi connectivity index (χ0n) is 10.9. The lowest BCUT2D eigenvalue weighted by molar-refractivity contribution is -0.385. The molecule has 0 saturated carbocycles. The molecular weight excluding hydrogens is 268 g/mol. The molecule has 1 aromatic rings. The number of halogens is 2. The van der Waals surface area contributed by atoms with E-state index in [2.05, 4.69) is 10.6 Å². The van der Waals surface area contributed by atoms with Crippen molar-refractivity contribution >= 4 is 11.4 Å². The van der Waals surface area contributed by atoms with Crippen molar-refractivity contribution in [3.8, 4) is 0 Å². The maximum absolute atomic E-state index is 13.0. The van der Waals surface area contributed by atoms with Crippen molar-refractivity contribution in [1.82, 2.24) is 5.32 Å². The normalized spacial score (nSPS) is 19.6. The van der Waals surface area contributed by atoms with Crippen LogP contribution in [0.25, 0.3) is 0 Å². The van der Waals surface area contributed by atoms with Crippen LogP contribution in [0.15, 0.2) is 18.2 Å². The number of hydrogen-bond acceptors (Lipinski definition) is 4. The quantitative estimate of drug-likeness (QED) is 0.659. The number of non-ortho nitro benzene ring substituents is 1. The average Bonchev–Trinajstić information content (AvgIpc) is 2.67. The first-order chi connectivity index (χ1) is 9.58.